The van der Waals surface area contributed by atoms with Crippen molar-refractivity contribution in [1.82, 2.24) is 29.3 Å². The van der Waals surface area contributed by atoms with Crippen LogP contribution in [0.2, 0.25) is 0 Å². The van der Waals surface area contributed by atoms with Crippen molar-refractivity contribution in [3.63, 3.8) is 0 Å². The van der Waals surface area contributed by atoms with Gasteiger partial charge in [-0.15, -0.1) is 0 Å². The molecule has 2 aromatic heterocycles. The Balaban J connectivity index is 1.45. The lowest BCUT2D eigenvalue weighted by molar-refractivity contribution is 0.0671. The summed E-state index contributed by atoms with van der Waals surface area (Å²) >= 11 is 0. The molecule has 0 spiro atoms. The van der Waals surface area contributed by atoms with Crippen molar-refractivity contribution >= 4 is 25.5 Å². The van der Waals surface area contributed by atoms with Gasteiger partial charge in [-0.2, -0.15) is 4.98 Å². The van der Waals surface area contributed by atoms with Crippen molar-refractivity contribution < 1.29 is 9.59 Å². The highest BCUT2D eigenvalue weighted by Crippen LogP contribution is 2.24. The monoisotopic (exact) mass is 491 g/mol. The molecule has 2 aromatic carbocycles. The minimum atomic E-state index is -0.475. The highest BCUT2D eigenvalue weighted by Gasteiger charge is 2.26. The molecule has 2 amide bonds. The lowest BCUT2D eigenvalue weighted by Crippen LogP contribution is -2.50. The van der Waals surface area contributed by atoms with E-state index in [1.165, 1.54) is 4.90 Å². The van der Waals surface area contributed by atoms with Crippen LogP contribution in [0.5, 0.6) is 0 Å². The first kappa shape index (κ1) is 24.2. The zero-order chi connectivity index (χ0) is 25.8. The average Bonchev–Trinajstić information content (AvgIpc) is 3.39. The van der Waals surface area contributed by atoms with Crippen LogP contribution in [0.3, 0.4) is 0 Å². The van der Waals surface area contributed by atoms with Crippen LogP contribution in [-0.2, 0) is 0 Å². The fourth-order valence-corrected chi connectivity index (χ4v) is 4.31. The summed E-state index contributed by atoms with van der Waals surface area (Å²) in [6, 6.07) is 21.5. The molecule has 1 atom stereocenters. The Hall–Kier alpha value is -4.47. The Bertz CT molecular complexity index is 1390. The first-order chi connectivity index (χ1) is 18.0. The number of hydrogen-bond donors (Lipinski definition) is 1. The van der Waals surface area contributed by atoms with E-state index < -0.39 is 5.81 Å². The molecule has 1 saturated heterocycles. The van der Waals surface area contributed by atoms with E-state index in [2.05, 4.69) is 10.3 Å². The normalized spacial score (nSPS) is 14.3. The highest BCUT2D eigenvalue weighted by atomic mass is 16.2. The van der Waals surface area contributed by atoms with E-state index in [0.717, 1.165) is 11.1 Å². The molecule has 1 fully saturated rings. The van der Waals surface area contributed by atoms with Crippen molar-refractivity contribution in [2.24, 2.45) is 0 Å². The minimum Gasteiger partial charge on any atom is -0.349 e. The third kappa shape index (κ3) is 5.38. The maximum atomic E-state index is 13.3. The number of hydrogen-bond acceptors (Lipinski definition) is 6. The largest absolute Gasteiger partial charge is 0.349 e. The summed E-state index contributed by atoms with van der Waals surface area (Å²) in [6.45, 7) is 3.64. The number of rotatable bonds is 6. The number of amides is 2. The van der Waals surface area contributed by atoms with Crippen LogP contribution in [0.25, 0.3) is 17.2 Å². The van der Waals surface area contributed by atoms with Gasteiger partial charge in [0.25, 0.3) is 5.91 Å². The molecular weight excluding hydrogens is 465 g/mol. The number of nitrogens with zero attached hydrogens (tertiary/aromatic N) is 6. The number of imidazole rings is 1. The molecule has 184 valence electrons. The number of carbonyl (C=O) groups excluding carboxylic acids is 2. The van der Waals surface area contributed by atoms with E-state index in [0.29, 0.717) is 49.5 Å². The predicted octanol–water partition coefficient (Wildman–Crippen LogP) is 3.55. The minimum absolute atomic E-state index is 0.00374. The quantitative estimate of drug-likeness (QED) is 0.415. The molecule has 0 aliphatic carbocycles. The van der Waals surface area contributed by atoms with E-state index in [1.807, 2.05) is 72.2 Å². The second-order valence-corrected chi connectivity index (χ2v) is 8.82. The van der Waals surface area contributed by atoms with Crippen molar-refractivity contribution in [2.45, 2.75) is 13.0 Å². The van der Waals surface area contributed by atoms with Crippen molar-refractivity contribution in [1.29, 1.82) is 0 Å². The van der Waals surface area contributed by atoms with Gasteiger partial charge in [0.1, 0.15) is 17.3 Å². The Labute approximate surface area is 216 Å². The maximum Gasteiger partial charge on any atom is 0.274 e. The number of carbonyl (C=O) groups is 2. The molecule has 1 unspecified atom stereocenters. The van der Waals surface area contributed by atoms with Crippen molar-refractivity contribution in [2.75, 3.05) is 31.5 Å². The summed E-state index contributed by atoms with van der Waals surface area (Å²) in [5.74, 6) is 0.974. The topological polar surface area (TPSA) is 96.2 Å². The van der Waals surface area contributed by atoms with Gasteiger partial charge in [-0.1, -0.05) is 60.7 Å². The first-order valence-corrected chi connectivity index (χ1v) is 12.1. The molecule has 9 nitrogen and oxygen atoms in total. The Morgan fingerprint density at radius 1 is 0.892 bits per heavy atom. The SMILES string of the molecule is [B]C(=O)N1CCN(C(=O)c2cn(-c3ccnc(NC(C)c4ccccc4)n3)c(-c3ccccc3)n2)CC1. The first-order valence-electron chi connectivity index (χ1n) is 12.1. The van der Waals surface area contributed by atoms with E-state index in [1.54, 1.807) is 23.4 Å². The van der Waals surface area contributed by atoms with Crippen LogP contribution < -0.4 is 5.32 Å². The molecule has 2 radical (unpaired) electrons. The summed E-state index contributed by atoms with van der Waals surface area (Å²) < 4.78 is 1.81. The number of piperazine rings is 1. The summed E-state index contributed by atoms with van der Waals surface area (Å²) in [4.78, 5) is 41.8. The molecule has 1 aliphatic heterocycles. The molecule has 1 N–H and O–H groups in total. The average molecular weight is 491 g/mol. The van der Waals surface area contributed by atoms with Gasteiger partial charge in [-0.3, -0.25) is 14.2 Å². The third-order valence-corrected chi connectivity index (χ3v) is 6.37. The lowest BCUT2D eigenvalue weighted by Gasteiger charge is -2.34. The Morgan fingerprint density at radius 3 is 2.22 bits per heavy atom. The van der Waals surface area contributed by atoms with E-state index >= 15 is 0 Å². The smallest absolute Gasteiger partial charge is 0.274 e. The summed E-state index contributed by atoms with van der Waals surface area (Å²) in [5.41, 5.74) is 2.27. The highest BCUT2D eigenvalue weighted by molar-refractivity contribution is 6.56. The van der Waals surface area contributed by atoms with Gasteiger partial charge in [-0.05, 0) is 18.6 Å². The lowest BCUT2D eigenvalue weighted by atomic mass is 10.1. The molecule has 4 aromatic rings. The second-order valence-electron chi connectivity index (χ2n) is 8.82. The zero-order valence-corrected chi connectivity index (χ0v) is 20.5. The van der Waals surface area contributed by atoms with Gasteiger partial charge in [-0.25, -0.2) is 9.97 Å². The molecule has 0 saturated carbocycles. The summed E-state index contributed by atoms with van der Waals surface area (Å²) in [6.07, 6.45) is 3.39. The van der Waals surface area contributed by atoms with Crippen LogP contribution in [0.1, 0.15) is 29.0 Å². The van der Waals surface area contributed by atoms with E-state index in [4.69, 9.17) is 17.8 Å². The van der Waals surface area contributed by atoms with E-state index in [-0.39, 0.29) is 11.9 Å². The molecule has 5 rings (SSSR count). The summed E-state index contributed by atoms with van der Waals surface area (Å²) in [5, 5.41) is 3.35. The Kier molecular flexibility index (Phi) is 6.98. The molecule has 37 heavy (non-hydrogen) atoms. The van der Waals surface area contributed by atoms with Gasteiger partial charge >= 0.3 is 0 Å². The predicted molar refractivity (Wildman–Crippen MR) is 142 cm³/mol. The maximum absolute atomic E-state index is 13.3. The standard InChI is InChI=1S/C27H26BN7O2/c1-19(20-8-4-2-5-9-20)30-27-29-13-12-23(32-27)35-18-22(31-24(35)21-10-6-3-7-11-21)25(36)33-14-16-34(17-15-33)26(28)37/h2-13,18-19H,14-17H2,1H3,(H,29,30,32). The fourth-order valence-electron chi connectivity index (χ4n) is 4.31. The molecule has 1 aliphatic rings. The number of aromatic nitrogens is 4. The van der Waals surface area contributed by atoms with Gasteiger partial charge in [0, 0.05) is 44.1 Å². The fraction of sp³-hybridized carbons (Fsp3) is 0.222. The number of anilines is 1. The molecule has 3 heterocycles. The van der Waals surface area contributed by atoms with Gasteiger partial charge in [0.2, 0.25) is 13.8 Å². The molecule has 0 bridgehead atoms. The second kappa shape index (κ2) is 10.7. The molecule has 10 heteroatoms. The third-order valence-electron chi connectivity index (χ3n) is 6.37. The van der Waals surface area contributed by atoms with Crippen LogP contribution in [0.4, 0.5) is 10.7 Å². The molecular formula is C27H26BN7O2. The Morgan fingerprint density at radius 2 is 1.54 bits per heavy atom. The van der Waals surface area contributed by atoms with Crippen LogP contribution in [-0.4, -0.2) is 75.1 Å². The zero-order valence-electron chi connectivity index (χ0n) is 20.5. The van der Waals surface area contributed by atoms with Gasteiger partial charge in [0.05, 0.1) is 6.04 Å². The number of nitrogens with one attached hydrogen (secondary N) is 1. The summed E-state index contributed by atoms with van der Waals surface area (Å²) in [7, 11) is 5.38. The van der Waals surface area contributed by atoms with Gasteiger partial charge in [0.15, 0.2) is 5.81 Å². The van der Waals surface area contributed by atoms with Gasteiger partial charge < -0.3 is 15.1 Å². The van der Waals surface area contributed by atoms with E-state index in [9.17, 15) is 9.59 Å². The van der Waals surface area contributed by atoms with Crippen molar-refractivity contribution in [3.8, 4) is 17.2 Å². The van der Waals surface area contributed by atoms with Crippen LogP contribution in [0.15, 0.2) is 79.1 Å². The van der Waals surface area contributed by atoms with Crippen molar-refractivity contribution in [3.05, 3.63) is 90.4 Å². The van der Waals surface area contributed by atoms with Crippen LogP contribution >= 0.6 is 0 Å². The number of benzene rings is 2. The van der Waals surface area contributed by atoms with Crippen LogP contribution in [0, 0.1) is 0 Å².